The summed E-state index contributed by atoms with van der Waals surface area (Å²) in [5.74, 6) is -0.334. The molecule has 0 aliphatic heterocycles. The third kappa shape index (κ3) is 1.46. The van der Waals surface area contributed by atoms with Gasteiger partial charge in [0.15, 0.2) is 0 Å². The zero-order chi connectivity index (χ0) is 10.1. The van der Waals surface area contributed by atoms with Gasteiger partial charge in [-0.25, -0.2) is 4.39 Å². The molecule has 0 spiro atoms. The molecule has 1 heterocycles. The zero-order valence-corrected chi connectivity index (χ0v) is 7.74. The summed E-state index contributed by atoms with van der Waals surface area (Å²) in [6.45, 7) is 1.65. The average Bonchev–Trinajstić information content (AvgIpc) is 2.17. The van der Waals surface area contributed by atoms with E-state index in [0.29, 0.717) is 16.5 Å². The maximum Gasteiger partial charge on any atom is 0.149 e. The third-order valence-corrected chi connectivity index (χ3v) is 2.17. The highest BCUT2D eigenvalue weighted by Crippen LogP contribution is 2.19. The van der Waals surface area contributed by atoms with Crippen LogP contribution in [0.5, 0.6) is 0 Å². The van der Waals surface area contributed by atoms with Crippen LogP contribution in [0.3, 0.4) is 0 Å². The number of fused-ring (bicyclic) bond motifs is 1. The molecule has 0 amide bonds. The predicted octanol–water partition coefficient (Wildman–Crippen LogP) is 2.43. The summed E-state index contributed by atoms with van der Waals surface area (Å²) in [4.78, 5) is 3.97. The van der Waals surface area contributed by atoms with E-state index in [-0.39, 0.29) is 5.82 Å². The second kappa shape index (κ2) is 3.35. The molecule has 0 saturated carbocycles. The number of benzene rings is 1. The average molecular weight is 191 g/mol. The van der Waals surface area contributed by atoms with Crippen LogP contribution in [0.1, 0.15) is 18.6 Å². The van der Waals surface area contributed by atoms with E-state index in [1.54, 1.807) is 25.1 Å². The largest absolute Gasteiger partial charge is 0.389 e. The van der Waals surface area contributed by atoms with Crippen molar-refractivity contribution in [1.29, 1.82) is 0 Å². The fourth-order valence-electron chi connectivity index (χ4n) is 1.37. The first-order valence-corrected chi connectivity index (χ1v) is 4.41. The zero-order valence-electron chi connectivity index (χ0n) is 7.74. The molecule has 1 aromatic heterocycles. The van der Waals surface area contributed by atoms with Gasteiger partial charge in [0.2, 0.25) is 0 Å². The maximum absolute atomic E-state index is 13.2. The normalized spacial score (nSPS) is 13.1. The Labute approximate surface area is 81.0 Å². The monoisotopic (exact) mass is 191 g/mol. The molecule has 0 unspecified atom stereocenters. The number of para-hydroxylation sites is 1. The van der Waals surface area contributed by atoms with Gasteiger partial charge in [0.05, 0.1) is 6.10 Å². The van der Waals surface area contributed by atoms with E-state index < -0.39 is 6.10 Å². The van der Waals surface area contributed by atoms with Gasteiger partial charge in [-0.1, -0.05) is 12.1 Å². The Balaban J connectivity index is 2.67. The molecule has 0 radical (unpaired) electrons. The van der Waals surface area contributed by atoms with Gasteiger partial charge in [0, 0.05) is 11.6 Å². The van der Waals surface area contributed by atoms with Gasteiger partial charge in [-0.15, -0.1) is 0 Å². The van der Waals surface area contributed by atoms with E-state index in [0.717, 1.165) is 0 Å². The van der Waals surface area contributed by atoms with Gasteiger partial charge in [-0.05, 0) is 24.6 Å². The Morgan fingerprint density at radius 1 is 1.43 bits per heavy atom. The molecule has 0 bridgehead atoms. The Bertz CT molecular complexity index is 468. The van der Waals surface area contributed by atoms with Gasteiger partial charge in [-0.3, -0.25) is 4.98 Å². The Morgan fingerprint density at radius 3 is 2.93 bits per heavy atom. The third-order valence-electron chi connectivity index (χ3n) is 2.17. The van der Waals surface area contributed by atoms with Crippen LogP contribution in [0, 0.1) is 5.82 Å². The van der Waals surface area contributed by atoms with Crippen molar-refractivity contribution < 1.29 is 9.50 Å². The lowest BCUT2D eigenvalue weighted by Crippen LogP contribution is -1.93. The van der Waals surface area contributed by atoms with Crippen LogP contribution in [0.2, 0.25) is 0 Å². The molecule has 2 nitrogen and oxygen atoms in total. The molecule has 0 aliphatic carbocycles. The van der Waals surface area contributed by atoms with Gasteiger partial charge < -0.3 is 5.11 Å². The van der Waals surface area contributed by atoms with Gasteiger partial charge >= 0.3 is 0 Å². The van der Waals surface area contributed by atoms with Crippen molar-refractivity contribution in [1.82, 2.24) is 4.98 Å². The van der Waals surface area contributed by atoms with Crippen molar-refractivity contribution in [3.63, 3.8) is 0 Å². The second-order valence-corrected chi connectivity index (χ2v) is 3.26. The van der Waals surface area contributed by atoms with Crippen molar-refractivity contribution in [2.24, 2.45) is 0 Å². The molecule has 1 atom stereocenters. The van der Waals surface area contributed by atoms with E-state index in [2.05, 4.69) is 4.98 Å². The van der Waals surface area contributed by atoms with Crippen LogP contribution in [0.25, 0.3) is 10.9 Å². The highest BCUT2D eigenvalue weighted by Gasteiger charge is 2.05. The van der Waals surface area contributed by atoms with E-state index in [4.69, 9.17) is 0 Å². The minimum Gasteiger partial charge on any atom is -0.389 e. The summed E-state index contributed by atoms with van der Waals surface area (Å²) in [7, 11) is 0. The SMILES string of the molecule is C[C@H](O)c1cnc2c(F)cccc2c1. The number of rotatable bonds is 1. The number of aliphatic hydroxyl groups excluding tert-OH is 1. The molecule has 0 saturated heterocycles. The minimum absolute atomic E-state index is 0.334. The Hall–Kier alpha value is -1.48. The molecule has 1 aromatic carbocycles. The van der Waals surface area contributed by atoms with Crippen LogP contribution in [-0.4, -0.2) is 10.1 Å². The number of aliphatic hydroxyl groups is 1. The summed E-state index contributed by atoms with van der Waals surface area (Å²) in [5.41, 5.74) is 1.04. The summed E-state index contributed by atoms with van der Waals surface area (Å²) < 4.78 is 13.2. The lowest BCUT2D eigenvalue weighted by molar-refractivity contribution is 0.199. The smallest absolute Gasteiger partial charge is 0.149 e. The lowest BCUT2D eigenvalue weighted by atomic mass is 10.1. The maximum atomic E-state index is 13.2. The molecular formula is C11H10FNO. The standard InChI is InChI=1S/C11H10FNO/c1-7(14)9-5-8-3-2-4-10(12)11(8)13-6-9/h2-7,14H,1H3/t7-/m0/s1. The Morgan fingerprint density at radius 2 is 2.21 bits per heavy atom. The second-order valence-electron chi connectivity index (χ2n) is 3.26. The molecule has 0 fully saturated rings. The molecule has 72 valence electrons. The van der Waals surface area contributed by atoms with Gasteiger partial charge in [0.1, 0.15) is 11.3 Å². The van der Waals surface area contributed by atoms with Crippen LogP contribution < -0.4 is 0 Å². The molecule has 1 N–H and O–H groups in total. The number of halogens is 1. The fourth-order valence-corrected chi connectivity index (χ4v) is 1.37. The van der Waals surface area contributed by atoms with E-state index in [1.807, 2.05) is 0 Å². The molecule has 0 aliphatic rings. The molecular weight excluding hydrogens is 181 g/mol. The van der Waals surface area contributed by atoms with Crippen LogP contribution >= 0.6 is 0 Å². The Kier molecular flexibility index (Phi) is 2.17. The van der Waals surface area contributed by atoms with Crippen molar-refractivity contribution in [3.8, 4) is 0 Å². The van der Waals surface area contributed by atoms with Crippen molar-refractivity contribution in [2.75, 3.05) is 0 Å². The number of hydrogen-bond donors (Lipinski definition) is 1. The first-order chi connectivity index (χ1) is 6.68. The van der Waals surface area contributed by atoms with Crippen molar-refractivity contribution in [2.45, 2.75) is 13.0 Å². The number of nitrogens with zero attached hydrogens (tertiary/aromatic N) is 1. The van der Waals surface area contributed by atoms with E-state index in [1.165, 1.54) is 12.3 Å². The van der Waals surface area contributed by atoms with Crippen LogP contribution in [0.15, 0.2) is 30.5 Å². The van der Waals surface area contributed by atoms with E-state index >= 15 is 0 Å². The van der Waals surface area contributed by atoms with Crippen molar-refractivity contribution >= 4 is 10.9 Å². The molecule has 2 aromatic rings. The van der Waals surface area contributed by atoms with Gasteiger partial charge in [0.25, 0.3) is 0 Å². The molecule has 3 heteroatoms. The lowest BCUT2D eigenvalue weighted by Gasteiger charge is -2.05. The quantitative estimate of drug-likeness (QED) is 0.750. The minimum atomic E-state index is -0.574. The van der Waals surface area contributed by atoms with E-state index in [9.17, 15) is 9.50 Å². The predicted molar refractivity (Wildman–Crippen MR) is 52.3 cm³/mol. The number of aromatic nitrogens is 1. The van der Waals surface area contributed by atoms with Crippen molar-refractivity contribution in [3.05, 3.63) is 41.8 Å². The topological polar surface area (TPSA) is 33.1 Å². The first-order valence-electron chi connectivity index (χ1n) is 4.41. The summed E-state index contributed by atoms with van der Waals surface area (Å²) in [6.07, 6.45) is 0.922. The first kappa shape index (κ1) is 9.09. The fraction of sp³-hybridized carbons (Fsp3) is 0.182. The summed E-state index contributed by atoms with van der Waals surface area (Å²) in [5, 5.41) is 10.0. The van der Waals surface area contributed by atoms with Crippen LogP contribution in [0.4, 0.5) is 4.39 Å². The van der Waals surface area contributed by atoms with Gasteiger partial charge in [-0.2, -0.15) is 0 Å². The summed E-state index contributed by atoms with van der Waals surface area (Å²) in [6, 6.07) is 6.52. The number of hydrogen-bond acceptors (Lipinski definition) is 2. The highest BCUT2D eigenvalue weighted by molar-refractivity contribution is 5.79. The summed E-state index contributed by atoms with van der Waals surface area (Å²) >= 11 is 0. The molecule has 14 heavy (non-hydrogen) atoms. The number of pyridine rings is 1. The molecule has 2 rings (SSSR count). The highest BCUT2D eigenvalue weighted by atomic mass is 19.1. The van der Waals surface area contributed by atoms with Crippen LogP contribution in [-0.2, 0) is 0 Å².